The van der Waals surface area contributed by atoms with Crippen molar-refractivity contribution in [1.29, 1.82) is 0 Å². The van der Waals surface area contributed by atoms with Gasteiger partial charge in [0.2, 0.25) is 0 Å². The Kier molecular flexibility index (Phi) is 4.72. The fraction of sp³-hybridized carbons (Fsp3) is 0.471. The van der Waals surface area contributed by atoms with Crippen LogP contribution in [0.1, 0.15) is 6.23 Å². The number of pyridine rings is 1. The molecular weight excluding hydrogens is 377 g/mol. The monoisotopic (exact) mass is 397 g/mol. The number of hydrogen-bond acceptors (Lipinski definition) is 7. The smallest absolute Gasteiger partial charge is 0.381 e. The largest absolute Gasteiger partial charge is 0.472 e. The number of rotatable bonds is 6. The molecule has 146 valence electrons. The molecule has 0 aliphatic carbocycles. The molecule has 1 aromatic heterocycles. The lowest BCUT2D eigenvalue weighted by atomic mass is 10.0. The van der Waals surface area contributed by atoms with Crippen LogP contribution in [0.4, 0.5) is 0 Å². The van der Waals surface area contributed by atoms with Crippen molar-refractivity contribution in [3.63, 3.8) is 0 Å². The van der Waals surface area contributed by atoms with Gasteiger partial charge >= 0.3 is 7.82 Å². The fourth-order valence-electron chi connectivity index (χ4n) is 3.71. The minimum atomic E-state index is -4.30. The quantitative estimate of drug-likeness (QED) is 0.731. The normalized spacial score (nSPS) is 32.0. The van der Waals surface area contributed by atoms with E-state index < -0.39 is 31.9 Å². The summed E-state index contributed by atoms with van der Waals surface area (Å²) in [6.45, 7) is 0.176. The van der Waals surface area contributed by atoms with E-state index in [9.17, 15) is 14.3 Å². The van der Waals surface area contributed by atoms with E-state index in [2.05, 4.69) is 4.52 Å². The topological polar surface area (TPSA) is 105 Å². The molecule has 0 radical (unpaired) electrons. The molecule has 0 spiro atoms. The summed E-state index contributed by atoms with van der Waals surface area (Å²) in [5.74, 6) is 0. The van der Waals surface area contributed by atoms with Crippen molar-refractivity contribution < 1.29 is 32.7 Å². The molecule has 4 rings (SSSR count). The Labute approximate surface area is 155 Å². The van der Waals surface area contributed by atoms with Crippen molar-refractivity contribution in [2.45, 2.75) is 24.0 Å². The van der Waals surface area contributed by atoms with Gasteiger partial charge < -0.3 is 19.1 Å². The highest BCUT2D eigenvalue weighted by Crippen LogP contribution is 2.54. The first kappa shape index (κ1) is 18.8. The molecule has 2 saturated heterocycles. The van der Waals surface area contributed by atoms with Crippen LogP contribution in [0.3, 0.4) is 0 Å². The number of fused-ring (bicyclic) bond motifs is 3. The van der Waals surface area contributed by atoms with Gasteiger partial charge in [-0.25, -0.2) is 4.57 Å². The lowest BCUT2D eigenvalue weighted by molar-refractivity contribution is -0.190. The van der Waals surface area contributed by atoms with E-state index in [1.165, 1.54) is 11.7 Å². The van der Waals surface area contributed by atoms with Gasteiger partial charge in [0.25, 0.3) is 5.56 Å². The first-order valence-corrected chi connectivity index (χ1v) is 9.85. The molecule has 2 aliphatic rings. The van der Waals surface area contributed by atoms with Gasteiger partial charge in [-0.05, 0) is 17.5 Å². The average Bonchev–Trinajstić information content (AvgIpc) is 3.13. The van der Waals surface area contributed by atoms with Crippen molar-refractivity contribution in [2.75, 3.05) is 27.4 Å². The predicted molar refractivity (Wildman–Crippen MR) is 94.4 cm³/mol. The van der Waals surface area contributed by atoms with E-state index >= 15 is 0 Å². The summed E-state index contributed by atoms with van der Waals surface area (Å²) < 4.78 is 40.3. The lowest BCUT2D eigenvalue weighted by Gasteiger charge is -2.31. The summed E-state index contributed by atoms with van der Waals surface area (Å²) >= 11 is 0. The van der Waals surface area contributed by atoms with E-state index in [1.54, 1.807) is 24.4 Å². The standard InChI is InChI=1S/C17H20NO8P/c1-22-9-17-10-24-13(14(17)26-27(20,21)23-2)16(25-17)18-8-7-11-5-3-4-6-12(11)15(18)19/h3-8,13-14,16H,9-10H2,1-2H3,(H,20,21)/t13-,14?,16+,17-/m0/s1. The molecular formula is C17H20NO8P. The molecule has 2 aromatic rings. The van der Waals surface area contributed by atoms with E-state index in [0.29, 0.717) is 5.39 Å². The Hall–Kier alpha value is -1.58. The predicted octanol–water partition coefficient (Wildman–Crippen LogP) is 1.45. The number of phosphoric ester groups is 1. The summed E-state index contributed by atoms with van der Waals surface area (Å²) in [6, 6.07) is 9.01. The zero-order chi connectivity index (χ0) is 19.2. The highest BCUT2D eigenvalue weighted by molar-refractivity contribution is 7.47. The summed E-state index contributed by atoms with van der Waals surface area (Å²) in [6.07, 6.45) is -0.912. The fourth-order valence-corrected chi connectivity index (χ4v) is 4.40. The average molecular weight is 397 g/mol. The highest BCUT2D eigenvalue weighted by atomic mass is 31.2. The number of aromatic nitrogens is 1. The lowest BCUT2D eigenvalue weighted by Crippen LogP contribution is -2.45. The van der Waals surface area contributed by atoms with Gasteiger partial charge in [-0.3, -0.25) is 18.4 Å². The summed E-state index contributed by atoms with van der Waals surface area (Å²) in [5.41, 5.74) is -1.37. The van der Waals surface area contributed by atoms with E-state index in [-0.39, 0.29) is 18.8 Å². The van der Waals surface area contributed by atoms with Crippen LogP contribution in [-0.4, -0.2) is 54.7 Å². The van der Waals surface area contributed by atoms with Crippen molar-refractivity contribution in [3.8, 4) is 0 Å². The SMILES string of the molecule is COC[C@]12CO[C@@H](C1OP(=O)(O)OC)[C@H](n1ccc3ccccc3c1=O)O2. The van der Waals surface area contributed by atoms with Crippen molar-refractivity contribution in [1.82, 2.24) is 4.57 Å². The second kappa shape index (κ2) is 6.79. The van der Waals surface area contributed by atoms with Crippen LogP contribution in [0.2, 0.25) is 0 Å². The molecule has 0 amide bonds. The van der Waals surface area contributed by atoms with Crippen molar-refractivity contribution in [2.24, 2.45) is 0 Å². The molecule has 1 N–H and O–H groups in total. The number of ether oxygens (including phenoxy) is 3. The maximum Gasteiger partial charge on any atom is 0.472 e. The van der Waals surface area contributed by atoms with Gasteiger partial charge in [-0.2, -0.15) is 0 Å². The van der Waals surface area contributed by atoms with Gasteiger partial charge in [-0.1, -0.05) is 18.2 Å². The molecule has 9 nitrogen and oxygen atoms in total. The van der Waals surface area contributed by atoms with Gasteiger partial charge in [-0.15, -0.1) is 0 Å². The summed E-state index contributed by atoms with van der Waals surface area (Å²) in [4.78, 5) is 22.7. The molecule has 3 heterocycles. The third-order valence-corrected chi connectivity index (χ3v) is 5.91. The maximum atomic E-state index is 12.9. The van der Waals surface area contributed by atoms with Crippen molar-refractivity contribution >= 4 is 18.6 Å². The van der Waals surface area contributed by atoms with Crippen LogP contribution < -0.4 is 5.56 Å². The van der Waals surface area contributed by atoms with Crippen LogP contribution in [0.15, 0.2) is 41.3 Å². The zero-order valence-corrected chi connectivity index (χ0v) is 15.7. The first-order valence-electron chi connectivity index (χ1n) is 8.36. The zero-order valence-electron chi connectivity index (χ0n) is 14.8. The Morgan fingerprint density at radius 3 is 2.85 bits per heavy atom. The Morgan fingerprint density at radius 2 is 2.11 bits per heavy atom. The second-order valence-corrected chi connectivity index (χ2v) is 8.09. The van der Waals surface area contributed by atoms with Gasteiger partial charge in [0.15, 0.2) is 6.23 Å². The maximum absolute atomic E-state index is 12.9. The molecule has 2 unspecified atom stereocenters. The van der Waals surface area contributed by atoms with E-state index in [1.807, 2.05) is 12.1 Å². The highest BCUT2D eigenvalue weighted by Gasteiger charge is 2.64. The molecule has 2 bridgehead atoms. The third-order valence-electron chi connectivity index (χ3n) is 4.95. The third kappa shape index (κ3) is 3.05. The number of hydrogen-bond donors (Lipinski definition) is 1. The van der Waals surface area contributed by atoms with Crippen LogP contribution in [0.25, 0.3) is 10.8 Å². The molecule has 27 heavy (non-hydrogen) atoms. The van der Waals surface area contributed by atoms with E-state index in [4.69, 9.17) is 18.7 Å². The van der Waals surface area contributed by atoms with E-state index in [0.717, 1.165) is 12.5 Å². The molecule has 2 fully saturated rings. The molecule has 2 aliphatic heterocycles. The Balaban J connectivity index is 1.75. The Morgan fingerprint density at radius 1 is 1.33 bits per heavy atom. The molecule has 10 heteroatoms. The van der Waals surface area contributed by atoms with Gasteiger partial charge in [0, 0.05) is 25.8 Å². The number of methoxy groups -OCH3 is 1. The molecule has 5 atom stereocenters. The van der Waals surface area contributed by atoms with Crippen LogP contribution in [0.5, 0.6) is 0 Å². The first-order chi connectivity index (χ1) is 12.9. The number of benzene rings is 1. The van der Waals surface area contributed by atoms with Gasteiger partial charge in [0.05, 0.1) is 13.2 Å². The summed E-state index contributed by atoms with van der Waals surface area (Å²) in [5, 5.41) is 1.34. The molecule has 1 aromatic carbocycles. The number of phosphoric acid groups is 1. The van der Waals surface area contributed by atoms with Crippen LogP contribution in [-0.2, 0) is 27.8 Å². The summed E-state index contributed by atoms with van der Waals surface area (Å²) in [7, 11) is -1.74. The molecule has 0 saturated carbocycles. The van der Waals surface area contributed by atoms with Gasteiger partial charge in [0.1, 0.15) is 17.8 Å². The van der Waals surface area contributed by atoms with Crippen LogP contribution in [0, 0.1) is 0 Å². The minimum absolute atomic E-state index is 0.0662. The Bertz CT molecular complexity index is 961. The second-order valence-electron chi connectivity index (χ2n) is 6.57. The van der Waals surface area contributed by atoms with Crippen molar-refractivity contribution in [3.05, 3.63) is 46.9 Å². The number of nitrogens with zero attached hydrogens (tertiary/aromatic N) is 1. The minimum Gasteiger partial charge on any atom is -0.381 e. The van der Waals surface area contributed by atoms with Crippen LogP contribution >= 0.6 is 7.82 Å².